The lowest BCUT2D eigenvalue weighted by Crippen LogP contribution is -2.54. The average Bonchev–Trinajstić information content (AvgIpc) is 3.81. The van der Waals surface area contributed by atoms with Crippen LogP contribution in [0.25, 0.3) is 16.6 Å². The Morgan fingerprint density at radius 1 is 1.05 bits per heavy atom. The van der Waals surface area contributed by atoms with Crippen LogP contribution in [-0.4, -0.2) is 106 Å². The molecule has 2 fully saturated rings. The molecule has 2 aromatic heterocycles. The Labute approximate surface area is 333 Å². The summed E-state index contributed by atoms with van der Waals surface area (Å²) < 4.78 is 5.69. The zero-order valence-corrected chi connectivity index (χ0v) is 31.7. The summed E-state index contributed by atoms with van der Waals surface area (Å²) in [6.45, 7) is 3.18. The molecule has 3 aliphatic heterocycles. The number of nitrogens with zero attached hydrogens (tertiary/aromatic N) is 6. The van der Waals surface area contributed by atoms with Gasteiger partial charge in [0.1, 0.15) is 17.4 Å². The Hall–Kier alpha value is -6.93. The summed E-state index contributed by atoms with van der Waals surface area (Å²) >= 11 is 0. The molecule has 3 aliphatic rings. The summed E-state index contributed by atoms with van der Waals surface area (Å²) in [5, 5.41) is 18.0. The lowest BCUT2D eigenvalue weighted by atomic mass is 9.89. The number of imide groups is 2. The van der Waals surface area contributed by atoms with Gasteiger partial charge in [0.05, 0.1) is 35.9 Å². The zero-order chi connectivity index (χ0) is 40.6. The minimum Gasteiger partial charge on any atom is -0.483 e. The molecule has 4 aromatic rings. The van der Waals surface area contributed by atoms with Crippen LogP contribution in [0.2, 0.25) is 0 Å². The lowest BCUT2D eigenvalue weighted by Gasteiger charge is -2.32. The second kappa shape index (κ2) is 17.9. The summed E-state index contributed by atoms with van der Waals surface area (Å²) in [6.07, 6.45) is 8.02. The minimum atomic E-state index is -1.09. The molecule has 0 bridgehead atoms. The van der Waals surface area contributed by atoms with E-state index in [0.717, 1.165) is 54.9 Å². The standard InChI is InChI=1S/C41H43N11O6/c42-15-2-16-44-23-27(22-43)36-30-12-18-46-37(30)50-41(49-36)47-28-8-6-25(7-9-28)26-13-20-51(21-14-26)19-3-17-45-34(54)24-58-32-5-1-4-29-35(32)40(57)52(39(29)56)31-10-11-33(53)48-38(31)55/h1,4-9,12,18,22-23,26,31H,2-3,10-11,13-14,16-17,19-21,24,43H2,(H,45,54)(H,48,53,55)(H2,46,47,49,50)/b27-22+,44-23?. The number of H-pyrrole nitrogens is 1. The van der Waals surface area contributed by atoms with Gasteiger partial charge in [-0.3, -0.25) is 39.2 Å². The fourth-order valence-electron chi connectivity index (χ4n) is 7.46. The molecule has 5 heterocycles. The number of hydrogen-bond acceptors (Lipinski definition) is 13. The van der Waals surface area contributed by atoms with E-state index in [-0.39, 0.29) is 42.2 Å². The molecule has 58 heavy (non-hydrogen) atoms. The van der Waals surface area contributed by atoms with Gasteiger partial charge in [-0.05, 0) is 87.1 Å². The number of hydrogen-bond donors (Lipinski definition) is 5. The first kappa shape index (κ1) is 39.3. The molecule has 17 nitrogen and oxygen atoms in total. The van der Waals surface area contributed by atoms with E-state index in [1.807, 2.05) is 18.2 Å². The molecule has 17 heteroatoms. The first-order valence-electron chi connectivity index (χ1n) is 19.2. The second-order valence-electron chi connectivity index (χ2n) is 14.2. The number of allylic oxidation sites excluding steroid dienone is 1. The Kier molecular flexibility index (Phi) is 12.1. The quantitative estimate of drug-likeness (QED) is 0.0664. The molecule has 2 saturated heterocycles. The molecular weight excluding hydrogens is 743 g/mol. The summed E-state index contributed by atoms with van der Waals surface area (Å²) in [6, 6.07) is 15.7. The van der Waals surface area contributed by atoms with Crippen molar-refractivity contribution < 1.29 is 28.7 Å². The Balaban J connectivity index is 0.840. The molecular formula is C41H43N11O6. The Morgan fingerprint density at radius 3 is 2.62 bits per heavy atom. The highest BCUT2D eigenvalue weighted by Gasteiger charge is 2.46. The van der Waals surface area contributed by atoms with Gasteiger partial charge in [0, 0.05) is 48.2 Å². The number of ether oxygens (including phenoxy) is 1. The van der Waals surface area contributed by atoms with Crippen molar-refractivity contribution in [3.8, 4) is 11.8 Å². The van der Waals surface area contributed by atoms with Crippen molar-refractivity contribution in [2.75, 3.05) is 44.6 Å². The number of likely N-dealkylation sites (tertiary alicyclic amines) is 1. The lowest BCUT2D eigenvalue weighted by molar-refractivity contribution is -0.136. The smallest absolute Gasteiger partial charge is 0.266 e. The van der Waals surface area contributed by atoms with E-state index >= 15 is 0 Å². The summed E-state index contributed by atoms with van der Waals surface area (Å²) in [5.74, 6) is -1.92. The number of anilines is 2. The number of carbonyl (C=O) groups excluding carboxylic acids is 5. The number of carbonyl (C=O) groups is 5. The summed E-state index contributed by atoms with van der Waals surface area (Å²) in [4.78, 5) is 83.0. The molecule has 0 saturated carbocycles. The molecule has 0 spiro atoms. The predicted octanol–water partition coefficient (Wildman–Crippen LogP) is 3.15. The molecule has 298 valence electrons. The maximum absolute atomic E-state index is 13.3. The number of piperidine rings is 2. The third-order valence-electron chi connectivity index (χ3n) is 10.4. The number of aliphatic imine (C=N–C) groups is 1. The number of nitrogens with two attached hydrogens (primary N) is 1. The van der Waals surface area contributed by atoms with E-state index in [1.165, 1.54) is 23.9 Å². The van der Waals surface area contributed by atoms with Gasteiger partial charge in [0.2, 0.25) is 17.8 Å². The molecule has 2 aromatic carbocycles. The first-order valence-corrected chi connectivity index (χ1v) is 19.2. The molecule has 0 aliphatic carbocycles. The minimum absolute atomic E-state index is 0.00191. The number of aromatic amines is 1. The maximum Gasteiger partial charge on any atom is 0.266 e. The van der Waals surface area contributed by atoms with Gasteiger partial charge in [-0.2, -0.15) is 10.2 Å². The average molecular weight is 786 g/mol. The van der Waals surface area contributed by atoms with Crippen LogP contribution < -0.4 is 26.4 Å². The van der Waals surface area contributed by atoms with Crippen LogP contribution >= 0.6 is 0 Å². The van der Waals surface area contributed by atoms with Gasteiger partial charge in [-0.1, -0.05) is 18.2 Å². The van der Waals surface area contributed by atoms with Gasteiger partial charge in [-0.15, -0.1) is 0 Å². The normalized spacial score (nSPS) is 17.7. The molecule has 5 amide bonds. The highest BCUT2D eigenvalue weighted by molar-refractivity contribution is 6.24. The van der Waals surface area contributed by atoms with Crippen LogP contribution in [-0.2, 0) is 14.4 Å². The topological polar surface area (TPSA) is 241 Å². The van der Waals surface area contributed by atoms with Gasteiger partial charge in [-0.25, -0.2) is 4.98 Å². The highest BCUT2D eigenvalue weighted by Crippen LogP contribution is 2.34. The Morgan fingerprint density at radius 2 is 1.86 bits per heavy atom. The monoisotopic (exact) mass is 785 g/mol. The van der Waals surface area contributed by atoms with Gasteiger partial charge >= 0.3 is 0 Å². The van der Waals surface area contributed by atoms with Gasteiger partial charge < -0.3 is 31.0 Å². The third-order valence-corrected chi connectivity index (χ3v) is 10.4. The van der Waals surface area contributed by atoms with E-state index in [4.69, 9.17) is 20.7 Å². The number of nitriles is 1. The summed E-state index contributed by atoms with van der Waals surface area (Å²) in [7, 11) is 0. The number of aromatic nitrogens is 3. The van der Waals surface area contributed by atoms with Crippen LogP contribution in [0.1, 0.15) is 76.4 Å². The zero-order valence-electron chi connectivity index (χ0n) is 31.7. The van der Waals surface area contributed by atoms with Crippen molar-refractivity contribution in [3.63, 3.8) is 0 Å². The molecule has 1 unspecified atom stereocenters. The number of benzene rings is 2. The SMILES string of the molecule is N#CCCN=C/C(=C\N)c1nc(Nc2ccc(C3CCN(CCCNC(=O)COc4cccc5c4C(=O)N(C4CCC(=O)NC4=O)C5=O)CC3)cc2)nc2[nH]ccc12. The van der Waals surface area contributed by atoms with E-state index in [1.54, 1.807) is 18.5 Å². The second-order valence-corrected chi connectivity index (χ2v) is 14.2. The van der Waals surface area contributed by atoms with Crippen LogP contribution in [0.5, 0.6) is 5.75 Å². The highest BCUT2D eigenvalue weighted by atomic mass is 16.5. The predicted molar refractivity (Wildman–Crippen MR) is 214 cm³/mol. The third kappa shape index (κ3) is 8.71. The maximum atomic E-state index is 13.3. The van der Waals surface area contributed by atoms with Gasteiger partial charge in [0.15, 0.2) is 6.61 Å². The van der Waals surface area contributed by atoms with Crippen LogP contribution in [0.3, 0.4) is 0 Å². The molecule has 0 radical (unpaired) electrons. The molecule has 7 rings (SSSR count). The van der Waals surface area contributed by atoms with Crippen molar-refractivity contribution in [1.82, 2.24) is 35.4 Å². The van der Waals surface area contributed by atoms with Gasteiger partial charge in [0.25, 0.3) is 17.7 Å². The van der Waals surface area contributed by atoms with Crippen LogP contribution in [0.15, 0.2) is 65.9 Å². The molecule has 1 atom stereocenters. The number of amides is 5. The van der Waals surface area contributed by atoms with E-state index in [9.17, 15) is 24.0 Å². The fourth-order valence-corrected chi connectivity index (χ4v) is 7.46. The van der Waals surface area contributed by atoms with Crippen molar-refractivity contribution in [1.29, 1.82) is 5.26 Å². The summed E-state index contributed by atoms with van der Waals surface area (Å²) in [5.41, 5.74) is 10.0. The number of fused-ring (bicyclic) bond motifs is 2. The number of nitrogens with one attached hydrogen (secondary N) is 4. The van der Waals surface area contributed by atoms with Crippen molar-refractivity contribution in [2.24, 2.45) is 10.7 Å². The van der Waals surface area contributed by atoms with E-state index in [0.29, 0.717) is 48.3 Å². The number of rotatable bonds is 15. The first-order chi connectivity index (χ1) is 28.2. The van der Waals surface area contributed by atoms with Crippen molar-refractivity contribution in [2.45, 2.75) is 50.5 Å². The molecule has 6 N–H and O–H groups in total. The van der Waals surface area contributed by atoms with Crippen LogP contribution in [0, 0.1) is 11.3 Å². The van der Waals surface area contributed by atoms with Crippen LogP contribution in [0.4, 0.5) is 11.6 Å². The van der Waals surface area contributed by atoms with Crippen molar-refractivity contribution in [3.05, 3.63) is 83.3 Å². The largest absolute Gasteiger partial charge is 0.483 e. The van der Waals surface area contributed by atoms with E-state index in [2.05, 4.69) is 54.0 Å². The van der Waals surface area contributed by atoms with E-state index < -0.39 is 29.7 Å². The van der Waals surface area contributed by atoms with Crippen molar-refractivity contribution >= 4 is 64.0 Å². The fraction of sp³-hybridized carbons (Fsp3) is 0.341. The Bertz CT molecular complexity index is 2320.